The minimum Gasteiger partial charge on any atom is -0.462 e. The summed E-state index contributed by atoms with van der Waals surface area (Å²) in [5.74, 6) is -0.831. The van der Waals surface area contributed by atoms with Crippen LogP contribution in [-0.4, -0.2) is 74.9 Å². The van der Waals surface area contributed by atoms with Crippen molar-refractivity contribution in [1.29, 1.82) is 0 Å². The lowest BCUT2D eigenvalue weighted by molar-refractivity contribution is -0.870. The molecule has 78 heavy (non-hydrogen) atoms. The fourth-order valence-corrected chi connectivity index (χ4v) is 8.66. The quantitative estimate of drug-likeness (QED) is 0.0211. The molecule has 0 aromatic heterocycles. The van der Waals surface area contributed by atoms with Crippen LogP contribution in [0.15, 0.2) is 134 Å². The molecule has 1 N–H and O–H groups in total. The largest absolute Gasteiger partial charge is 0.472 e. The number of likely N-dealkylation sites (N-methyl/N-ethyl adjacent to an activating group) is 1. The molecule has 0 aliphatic carbocycles. The number of hydrogen-bond donors (Lipinski definition) is 1. The molecule has 9 nitrogen and oxygen atoms in total. The van der Waals surface area contributed by atoms with Gasteiger partial charge in [0.2, 0.25) is 0 Å². The Balaban J connectivity index is 4.24. The molecular weight excluding hydrogens is 990 g/mol. The fraction of sp³-hybridized carbons (Fsp3) is 0.647. The summed E-state index contributed by atoms with van der Waals surface area (Å²) in [5.41, 5.74) is 0. The molecule has 0 aromatic rings. The van der Waals surface area contributed by atoms with E-state index >= 15 is 0 Å². The first-order valence-electron chi connectivity index (χ1n) is 30.9. The van der Waals surface area contributed by atoms with E-state index in [9.17, 15) is 19.0 Å². The summed E-state index contributed by atoms with van der Waals surface area (Å²) >= 11 is 0. The predicted octanol–water partition coefficient (Wildman–Crippen LogP) is 19.7. The van der Waals surface area contributed by atoms with Gasteiger partial charge in [0.1, 0.15) is 19.8 Å². The number of esters is 2. The van der Waals surface area contributed by atoms with Gasteiger partial charge in [-0.25, -0.2) is 4.57 Å². The topological polar surface area (TPSA) is 108 Å². The van der Waals surface area contributed by atoms with E-state index in [4.69, 9.17) is 18.5 Å². The molecule has 10 heteroatoms. The van der Waals surface area contributed by atoms with Crippen LogP contribution in [-0.2, 0) is 32.7 Å². The van der Waals surface area contributed by atoms with Crippen LogP contribution in [0.4, 0.5) is 0 Å². The molecule has 0 saturated heterocycles. The van der Waals surface area contributed by atoms with E-state index in [1.54, 1.807) is 0 Å². The molecular formula is C68H115NO8P+. The molecule has 2 unspecified atom stereocenters. The third-order valence-corrected chi connectivity index (χ3v) is 13.6. The summed E-state index contributed by atoms with van der Waals surface area (Å²) in [7, 11) is 1.44. The van der Waals surface area contributed by atoms with E-state index < -0.39 is 26.5 Å². The van der Waals surface area contributed by atoms with Gasteiger partial charge in [0, 0.05) is 12.8 Å². The number of phosphoric ester groups is 1. The molecule has 444 valence electrons. The van der Waals surface area contributed by atoms with Crippen LogP contribution in [0, 0.1) is 0 Å². The van der Waals surface area contributed by atoms with Crippen molar-refractivity contribution in [2.75, 3.05) is 47.5 Å². The second-order valence-corrected chi connectivity index (χ2v) is 22.8. The first kappa shape index (κ1) is 74.2. The van der Waals surface area contributed by atoms with Crippen molar-refractivity contribution < 1.29 is 42.1 Å². The standard InChI is InChI=1S/C68H114NO8P/c1-6-8-10-12-14-16-18-20-22-24-26-28-30-31-32-33-34-35-36-37-39-41-43-45-47-49-51-53-55-57-59-61-68(71)77-66(65-76-78(72,73)75-63-62-69(3,4)5)64-74-67(70)60-58-56-54-52-50-48-46-44-42-40-38-29-27-25-23-21-19-17-15-13-11-9-7-2/h8,10,14,16,19-22,25-28,31-32,34-35,37-40,43,45,66H,6-7,9,11-13,15,17-18,23-24,29-30,33,36,41-42,44,46-65H2,1-5H3/p+1/b10-8-,16-14-,21-19-,22-20-,27-25-,28-26-,32-31-,35-34-,39-37-,40-38-,45-43-. The van der Waals surface area contributed by atoms with E-state index in [0.717, 1.165) is 135 Å². The molecule has 0 aliphatic heterocycles. The van der Waals surface area contributed by atoms with Crippen LogP contribution in [0.25, 0.3) is 0 Å². The fourth-order valence-electron chi connectivity index (χ4n) is 7.92. The molecule has 2 atom stereocenters. The monoisotopic (exact) mass is 1100 g/mol. The Hall–Kier alpha value is -3.85. The van der Waals surface area contributed by atoms with Crippen molar-refractivity contribution in [3.05, 3.63) is 134 Å². The number of quaternary nitrogens is 1. The van der Waals surface area contributed by atoms with Crippen LogP contribution in [0.3, 0.4) is 0 Å². The van der Waals surface area contributed by atoms with E-state index in [1.807, 2.05) is 21.1 Å². The third-order valence-electron chi connectivity index (χ3n) is 12.7. The lowest BCUT2D eigenvalue weighted by Crippen LogP contribution is -2.37. The van der Waals surface area contributed by atoms with E-state index in [0.29, 0.717) is 17.4 Å². The Labute approximate surface area is 479 Å². The van der Waals surface area contributed by atoms with Gasteiger partial charge in [-0.05, 0) is 116 Å². The van der Waals surface area contributed by atoms with Crippen LogP contribution < -0.4 is 0 Å². The molecule has 0 heterocycles. The zero-order chi connectivity index (χ0) is 57.0. The van der Waals surface area contributed by atoms with E-state index in [2.05, 4.69) is 148 Å². The highest BCUT2D eigenvalue weighted by molar-refractivity contribution is 7.47. The third kappa shape index (κ3) is 61.4. The second kappa shape index (κ2) is 57.8. The predicted molar refractivity (Wildman–Crippen MR) is 334 cm³/mol. The molecule has 0 rings (SSSR count). The molecule has 0 radical (unpaired) electrons. The highest BCUT2D eigenvalue weighted by atomic mass is 31.2. The van der Waals surface area contributed by atoms with Crippen molar-refractivity contribution >= 4 is 19.8 Å². The Kier molecular flexibility index (Phi) is 55.0. The first-order valence-corrected chi connectivity index (χ1v) is 32.4. The van der Waals surface area contributed by atoms with Crippen LogP contribution in [0.1, 0.15) is 232 Å². The Morgan fingerprint density at radius 1 is 0.410 bits per heavy atom. The smallest absolute Gasteiger partial charge is 0.462 e. The number of hydrogen-bond acceptors (Lipinski definition) is 7. The number of ether oxygens (including phenoxy) is 2. The van der Waals surface area contributed by atoms with Gasteiger partial charge in [0.25, 0.3) is 0 Å². The van der Waals surface area contributed by atoms with E-state index in [1.165, 1.54) is 64.2 Å². The van der Waals surface area contributed by atoms with E-state index in [-0.39, 0.29) is 32.0 Å². The van der Waals surface area contributed by atoms with Crippen LogP contribution in [0.5, 0.6) is 0 Å². The number of carbonyl (C=O) groups is 2. The maximum absolute atomic E-state index is 12.8. The Bertz CT molecular complexity index is 1780. The summed E-state index contributed by atoms with van der Waals surface area (Å²) in [6, 6.07) is 0. The zero-order valence-electron chi connectivity index (χ0n) is 50.3. The highest BCUT2D eigenvalue weighted by Gasteiger charge is 2.27. The van der Waals surface area contributed by atoms with Crippen molar-refractivity contribution in [3.8, 4) is 0 Å². The molecule has 0 fully saturated rings. The van der Waals surface area contributed by atoms with Crippen molar-refractivity contribution in [2.45, 2.75) is 238 Å². The summed E-state index contributed by atoms with van der Waals surface area (Å²) in [6.45, 7) is 4.27. The van der Waals surface area contributed by atoms with Crippen LogP contribution >= 0.6 is 7.82 Å². The first-order chi connectivity index (χ1) is 38.0. The second-order valence-electron chi connectivity index (χ2n) is 21.4. The number of unbranched alkanes of at least 4 members (excludes halogenated alkanes) is 19. The maximum atomic E-state index is 12.8. The normalized spacial score (nSPS) is 14.2. The number of phosphoric acid groups is 1. The molecule has 0 amide bonds. The minimum atomic E-state index is -4.40. The average Bonchev–Trinajstić information content (AvgIpc) is 3.40. The van der Waals surface area contributed by atoms with Gasteiger partial charge in [-0.3, -0.25) is 18.6 Å². The number of rotatable bonds is 55. The number of nitrogens with zero attached hydrogens (tertiary/aromatic N) is 1. The van der Waals surface area contributed by atoms with Crippen molar-refractivity contribution in [1.82, 2.24) is 0 Å². The number of allylic oxidation sites excluding steroid dienone is 22. The van der Waals surface area contributed by atoms with Gasteiger partial charge in [-0.2, -0.15) is 0 Å². The summed E-state index contributed by atoms with van der Waals surface area (Å²) in [5, 5.41) is 0. The van der Waals surface area contributed by atoms with Crippen LogP contribution in [0.2, 0.25) is 0 Å². The zero-order valence-corrected chi connectivity index (χ0v) is 51.2. The van der Waals surface area contributed by atoms with Crippen molar-refractivity contribution in [2.24, 2.45) is 0 Å². The van der Waals surface area contributed by atoms with Gasteiger partial charge in [0.15, 0.2) is 6.10 Å². The SMILES string of the molecule is CC/C=C\C/C=C\C/C=C\C/C=C\C/C=C\C/C=C\C/C=C\C/C=C\CCCCCCCCC(=O)OC(COC(=O)CCCCCCCCCC/C=C\C/C=C\C/C=C\CCCCCCC)COP(=O)(O)OCC[N+](C)(C)C. The van der Waals surface area contributed by atoms with Gasteiger partial charge in [-0.15, -0.1) is 0 Å². The lowest BCUT2D eigenvalue weighted by Gasteiger charge is -2.24. The number of carbonyl (C=O) groups excluding carboxylic acids is 2. The molecule has 0 spiro atoms. The average molecular weight is 1110 g/mol. The molecule has 0 aliphatic rings. The summed E-state index contributed by atoms with van der Waals surface area (Å²) in [4.78, 5) is 35.8. The van der Waals surface area contributed by atoms with Gasteiger partial charge in [-0.1, -0.05) is 237 Å². The Morgan fingerprint density at radius 3 is 1.09 bits per heavy atom. The Morgan fingerprint density at radius 2 is 0.731 bits per heavy atom. The van der Waals surface area contributed by atoms with Gasteiger partial charge < -0.3 is 18.9 Å². The lowest BCUT2D eigenvalue weighted by atomic mass is 10.1. The summed E-state index contributed by atoms with van der Waals surface area (Å²) < 4.78 is 34.6. The van der Waals surface area contributed by atoms with Gasteiger partial charge >= 0.3 is 19.8 Å². The molecule has 0 saturated carbocycles. The van der Waals surface area contributed by atoms with Crippen molar-refractivity contribution in [3.63, 3.8) is 0 Å². The molecule has 0 aromatic carbocycles. The maximum Gasteiger partial charge on any atom is 0.472 e. The summed E-state index contributed by atoms with van der Waals surface area (Å²) in [6.07, 6.45) is 83.7. The minimum absolute atomic E-state index is 0.0196. The van der Waals surface area contributed by atoms with Gasteiger partial charge in [0.05, 0.1) is 27.7 Å². The molecule has 0 bridgehead atoms. The highest BCUT2D eigenvalue weighted by Crippen LogP contribution is 2.43.